The molecule has 1 saturated carbocycles. The van der Waals surface area contributed by atoms with Crippen LogP contribution in [0.15, 0.2) is 12.4 Å². The molecule has 0 unspecified atom stereocenters. The lowest BCUT2D eigenvalue weighted by atomic mass is 9.66. The largest absolute Gasteiger partial charge is 0.315 e. The molecule has 1 N–H and O–H groups in total. The smallest absolute Gasteiger partial charge is 0.0521 e. The summed E-state index contributed by atoms with van der Waals surface area (Å²) in [5.41, 5.74) is 1.98. The number of rotatable bonds is 4. The second-order valence-corrected chi connectivity index (χ2v) is 5.83. The standard InChI is InChI=1S/C14H23N3/c1-2-17-9-12(8-16-17)7-14(10-15-11-14)13-5-3-4-6-13/h8-9,13,15H,2-7,10-11H2,1H3. The van der Waals surface area contributed by atoms with Gasteiger partial charge in [0.05, 0.1) is 6.20 Å². The van der Waals surface area contributed by atoms with Crippen LogP contribution in [0, 0.1) is 11.3 Å². The van der Waals surface area contributed by atoms with Crippen LogP contribution >= 0.6 is 0 Å². The first-order chi connectivity index (χ1) is 8.32. The molecule has 0 atom stereocenters. The second-order valence-electron chi connectivity index (χ2n) is 5.83. The van der Waals surface area contributed by atoms with E-state index in [1.165, 1.54) is 50.8 Å². The molecule has 94 valence electrons. The Morgan fingerprint density at radius 1 is 1.41 bits per heavy atom. The molecule has 2 fully saturated rings. The van der Waals surface area contributed by atoms with Gasteiger partial charge in [-0.25, -0.2) is 0 Å². The van der Waals surface area contributed by atoms with Crippen LogP contribution in [-0.4, -0.2) is 22.9 Å². The summed E-state index contributed by atoms with van der Waals surface area (Å²) < 4.78 is 2.05. The minimum atomic E-state index is 0.554. The molecule has 1 aliphatic heterocycles. The molecule has 17 heavy (non-hydrogen) atoms. The Kier molecular flexibility index (Phi) is 2.95. The number of hydrogen-bond donors (Lipinski definition) is 1. The van der Waals surface area contributed by atoms with Crippen LogP contribution < -0.4 is 5.32 Å². The molecule has 0 radical (unpaired) electrons. The topological polar surface area (TPSA) is 29.9 Å². The molecule has 1 saturated heterocycles. The van der Waals surface area contributed by atoms with Gasteiger partial charge < -0.3 is 5.32 Å². The summed E-state index contributed by atoms with van der Waals surface area (Å²) >= 11 is 0. The van der Waals surface area contributed by atoms with Crippen molar-refractivity contribution in [2.75, 3.05) is 13.1 Å². The van der Waals surface area contributed by atoms with E-state index in [0.717, 1.165) is 12.5 Å². The molecule has 2 heterocycles. The van der Waals surface area contributed by atoms with Crippen molar-refractivity contribution in [2.24, 2.45) is 11.3 Å². The van der Waals surface area contributed by atoms with Crippen molar-refractivity contribution >= 4 is 0 Å². The zero-order chi connectivity index (χ0) is 11.7. The summed E-state index contributed by atoms with van der Waals surface area (Å²) in [5, 5.41) is 7.89. The van der Waals surface area contributed by atoms with Crippen molar-refractivity contribution in [3.63, 3.8) is 0 Å². The van der Waals surface area contributed by atoms with E-state index >= 15 is 0 Å². The van der Waals surface area contributed by atoms with Crippen LogP contribution in [0.5, 0.6) is 0 Å². The summed E-state index contributed by atoms with van der Waals surface area (Å²) in [4.78, 5) is 0. The monoisotopic (exact) mass is 233 g/mol. The first-order valence-corrected chi connectivity index (χ1v) is 7.04. The summed E-state index contributed by atoms with van der Waals surface area (Å²) in [6.45, 7) is 5.56. The third-order valence-corrected chi connectivity index (χ3v) is 4.74. The maximum atomic E-state index is 4.40. The van der Waals surface area contributed by atoms with Crippen LogP contribution in [0.2, 0.25) is 0 Å². The van der Waals surface area contributed by atoms with E-state index in [9.17, 15) is 0 Å². The molecule has 0 amide bonds. The number of hydrogen-bond acceptors (Lipinski definition) is 2. The fourth-order valence-electron chi connectivity index (χ4n) is 3.62. The van der Waals surface area contributed by atoms with Gasteiger partial charge in [-0.3, -0.25) is 4.68 Å². The van der Waals surface area contributed by atoms with Crippen molar-refractivity contribution in [1.29, 1.82) is 0 Å². The average molecular weight is 233 g/mol. The molecule has 2 aliphatic rings. The minimum absolute atomic E-state index is 0.554. The summed E-state index contributed by atoms with van der Waals surface area (Å²) in [5.74, 6) is 0.953. The highest BCUT2D eigenvalue weighted by molar-refractivity contribution is 5.12. The zero-order valence-corrected chi connectivity index (χ0v) is 10.8. The summed E-state index contributed by atoms with van der Waals surface area (Å²) in [6.07, 6.45) is 11.3. The molecule has 0 aromatic carbocycles. The Labute approximate surface area is 104 Å². The first-order valence-electron chi connectivity index (χ1n) is 7.04. The number of aryl methyl sites for hydroxylation is 1. The van der Waals surface area contributed by atoms with E-state index in [1.807, 2.05) is 4.68 Å². The highest BCUT2D eigenvalue weighted by Gasteiger charge is 2.44. The van der Waals surface area contributed by atoms with Gasteiger partial charge in [0.15, 0.2) is 0 Å². The Hall–Kier alpha value is -0.830. The van der Waals surface area contributed by atoms with E-state index in [2.05, 4.69) is 29.7 Å². The first kappa shape index (κ1) is 11.3. The second kappa shape index (κ2) is 4.45. The highest BCUT2D eigenvalue weighted by Crippen LogP contribution is 2.44. The molecule has 0 bridgehead atoms. The van der Waals surface area contributed by atoms with Crippen LogP contribution in [0.1, 0.15) is 38.2 Å². The summed E-state index contributed by atoms with van der Waals surface area (Å²) in [6, 6.07) is 0. The van der Waals surface area contributed by atoms with Crippen molar-refractivity contribution in [3.05, 3.63) is 18.0 Å². The predicted octanol–water partition coefficient (Wildman–Crippen LogP) is 2.23. The summed E-state index contributed by atoms with van der Waals surface area (Å²) in [7, 11) is 0. The molecular formula is C14H23N3. The van der Waals surface area contributed by atoms with Crippen LogP contribution in [0.4, 0.5) is 0 Å². The van der Waals surface area contributed by atoms with Crippen molar-refractivity contribution in [2.45, 2.75) is 45.6 Å². The highest BCUT2D eigenvalue weighted by atomic mass is 15.3. The molecule has 1 aliphatic carbocycles. The quantitative estimate of drug-likeness (QED) is 0.864. The third kappa shape index (κ3) is 2.01. The van der Waals surface area contributed by atoms with E-state index < -0.39 is 0 Å². The van der Waals surface area contributed by atoms with Gasteiger partial charge in [-0.1, -0.05) is 12.8 Å². The zero-order valence-electron chi connectivity index (χ0n) is 10.8. The lowest BCUT2D eigenvalue weighted by Crippen LogP contribution is -2.58. The number of aromatic nitrogens is 2. The maximum absolute atomic E-state index is 4.40. The van der Waals surface area contributed by atoms with Gasteiger partial charge in [-0.05, 0) is 37.7 Å². The van der Waals surface area contributed by atoms with Gasteiger partial charge in [0.2, 0.25) is 0 Å². The molecule has 3 rings (SSSR count). The van der Waals surface area contributed by atoms with Gasteiger partial charge in [0.25, 0.3) is 0 Å². The van der Waals surface area contributed by atoms with Gasteiger partial charge >= 0.3 is 0 Å². The van der Waals surface area contributed by atoms with Crippen LogP contribution in [-0.2, 0) is 13.0 Å². The Morgan fingerprint density at radius 3 is 2.71 bits per heavy atom. The van der Waals surface area contributed by atoms with Gasteiger partial charge in [0.1, 0.15) is 0 Å². The van der Waals surface area contributed by atoms with E-state index in [-0.39, 0.29) is 0 Å². The van der Waals surface area contributed by atoms with E-state index in [0.29, 0.717) is 5.41 Å². The van der Waals surface area contributed by atoms with E-state index in [1.54, 1.807) is 0 Å². The Bertz CT molecular complexity index is 373. The maximum Gasteiger partial charge on any atom is 0.0521 e. The van der Waals surface area contributed by atoms with Crippen molar-refractivity contribution in [1.82, 2.24) is 15.1 Å². The van der Waals surface area contributed by atoms with E-state index in [4.69, 9.17) is 0 Å². The molecule has 0 spiro atoms. The lowest BCUT2D eigenvalue weighted by molar-refractivity contribution is 0.0811. The number of nitrogens with zero attached hydrogens (tertiary/aromatic N) is 2. The van der Waals surface area contributed by atoms with Crippen LogP contribution in [0.25, 0.3) is 0 Å². The minimum Gasteiger partial charge on any atom is -0.315 e. The van der Waals surface area contributed by atoms with Crippen LogP contribution in [0.3, 0.4) is 0 Å². The predicted molar refractivity (Wildman–Crippen MR) is 68.9 cm³/mol. The Balaban J connectivity index is 1.72. The lowest BCUT2D eigenvalue weighted by Gasteiger charge is -2.47. The molecular weight excluding hydrogens is 210 g/mol. The van der Waals surface area contributed by atoms with Crippen molar-refractivity contribution in [3.8, 4) is 0 Å². The normalized spacial score (nSPS) is 23.8. The molecule has 1 aromatic rings. The average Bonchev–Trinajstić information content (AvgIpc) is 2.94. The SMILES string of the molecule is CCn1cc(CC2(C3CCCC3)CNC2)cn1. The third-order valence-electron chi connectivity index (χ3n) is 4.74. The van der Waals surface area contributed by atoms with Gasteiger partial charge in [0, 0.05) is 31.2 Å². The fourth-order valence-corrected chi connectivity index (χ4v) is 3.62. The molecule has 3 heteroatoms. The fraction of sp³-hybridized carbons (Fsp3) is 0.786. The number of nitrogens with one attached hydrogen (secondary N) is 1. The Morgan fingerprint density at radius 2 is 2.18 bits per heavy atom. The molecule has 3 nitrogen and oxygen atoms in total. The van der Waals surface area contributed by atoms with Gasteiger partial charge in [-0.15, -0.1) is 0 Å². The van der Waals surface area contributed by atoms with Gasteiger partial charge in [-0.2, -0.15) is 5.10 Å². The van der Waals surface area contributed by atoms with Crippen molar-refractivity contribution < 1.29 is 0 Å². The molecule has 1 aromatic heterocycles.